The van der Waals surface area contributed by atoms with Crippen LogP contribution in [-0.4, -0.2) is 29.3 Å². The van der Waals surface area contributed by atoms with E-state index in [1.807, 2.05) is 19.4 Å². The molecule has 0 spiro atoms. The second-order valence-electron chi connectivity index (χ2n) is 4.21. The zero-order valence-electron chi connectivity index (χ0n) is 9.98. The summed E-state index contributed by atoms with van der Waals surface area (Å²) in [6.45, 7) is 5.82. The van der Waals surface area contributed by atoms with Crippen molar-refractivity contribution in [2.24, 2.45) is 0 Å². The summed E-state index contributed by atoms with van der Waals surface area (Å²) in [7, 11) is 0. The lowest BCUT2D eigenvalue weighted by Crippen LogP contribution is -2.17. The van der Waals surface area contributed by atoms with Crippen LogP contribution in [0.1, 0.15) is 37.9 Å². The molecule has 90 valence electrons. The van der Waals surface area contributed by atoms with E-state index in [1.165, 1.54) is 18.5 Å². The normalized spacial score (nSPS) is 20.4. The third-order valence-corrected chi connectivity index (χ3v) is 3.05. The van der Waals surface area contributed by atoms with Crippen molar-refractivity contribution < 1.29 is 4.74 Å². The molecule has 1 aromatic rings. The van der Waals surface area contributed by atoms with Crippen LogP contribution in [0.5, 0.6) is 0 Å². The van der Waals surface area contributed by atoms with E-state index in [0.29, 0.717) is 6.04 Å². The van der Waals surface area contributed by atoms with Gasteiger partial charge in [0.05, 0.1) is 12.0 Å². The van der Waals surface area contributed by atoms with Gasteiger partial charge in [0, 0.05) is 32.0 Å². The molecule has 1 atom stereocenters. The maximum Gasteiger partial charge on any atom is 0.0948 e. The molecule has 1 aliphatic rings. The van der Waals surface area contributed by atoms with Crippen molar-refractivity contribution >= 4 is 0 Å². The number of rotatable bonds is 6. The highest BCUT2D eigenvalue weighted by atomic mass is 16.5. The largest absolute Gasteiger partial charge is 0.382 e. The van der Waals surface area contributed by atoms with Gasteiger partial charge in [-0.3, -0.25) is 0 Å². The van der Waals surface area contributed by atoms with E-state index < -0.39 is 0 Å². The lowest BCUT2D eigenvalue weighted by Gasteiger charge is -2.13. The fourth-order valence-electron chi connectivity index (χ4n) is 2.23. The third kappa shape index (κ3) is 2.83. The Morgan fingerprint density at radius 2 is 2.56 bits per heavy atom. The summed E-state index contributed by atoms with van der Waals surface area (Å²) in [6.07, 6.45) is 7.49. The van der Waals surface area contributed by atoms with Gasteiger partial charge in [-0.25, -0.2) is 4.98 Å². The molecule has 2 heterocycles. The molecule has 1 unspecified atom stereocenters. The molecule has 1 fully saturated rings. The lowest BCUT2D eigenvalue weighted by molar-refractivity contribution is 0.141. The third-order valence-electron chi connectivity index (χ3n) is 3.05. The van der Waals surface area contributed by atoms with Gasteiger partial charge in [-0.05, 0) is 32.7 Å². The zero-order chi connectivity index (χ0) is 11.2. The van der Waals surface area contributed by atoms with Crippen molar-refractivity contribution in [3.8, 4) is 0 Å². The summed E-state index contributed by atoms with van der Waals surface area (Å²) >= 11 is 0. The first-order chi connectivity index (χ1) is 7.92. The summed E-state index contributed by atoms with van der Waals surface area (Å²) in [5.41, 5.74) is 1.33. The van der Waals surface area contributed by atoms with Crippen LogP contribution in [0.4, 0.5) is 0 Å². The van der Waals surface area contributed by atoms with Gasteiger partial charge in [-0.15, -0.1) is 0 Å². The second-order valence-corrected chi connectivity index (χ2v) is 4.21. The van der Waals surface area contributed by atoms with Gasteiger partial charge in [-0.2, -0.15) is 0 Å². The number of aryl methyl sites for hydroxylation is 1. The highest BCUT2D eigenvalue weighted by Crippen LogP contribution is 2.22. The molecule has 1 aromatic heterocycles. The van der Waals surface area contributed by atoms with Gasteiger partial charge in [0.15, 0.2) is 0 Å². The summed E-state index contributed by atoms with van der Waals surface area (Å²) in [5.74, 6) is 0. The van der Waals surface area contributed by atoms with Gasteiger partial charge in [0.1, 0.15) is 0 Å². The van der Waals surface area contributed by atoms with E-state index in [0.717, 1.165) is 32.7 Å². The molecule has 1 N–H and O–H groups in total. The summed E-state index contributed by atoms with van der Waals surface area (Å²) in [5, 5.41) is 3.51. The van der Waals surface area contributed by atoms with E-state index in [9.17, 15) is 0 Å². The molecular weight excluding hydrogens is 202 g/mol. The van der Waals surface area contributed by atoms with E-state index in [-0.39, 0.29) is 0 Å². The van der Waals surface area contributed by atoms with E-state index in [4.69, 9.17) is 4.74 Å². The number of nitrogens with zero attached hydrogens (tertiary/aromatic N) is 2. The molecule has 0 bridgehead atoms. The molecule has 0 aliphatic carbocycles. The smallest absolute Gasteiger partial charge is 0.0948 e. The Labute approximate surface area is 97.0 Å². The maximum absolute atomic E-state index is 5.35. The highest BCUT2D eigenvalue weighted by molar-refractivity contribution is 5.07. The fourth-order valence-corrected chi connectivity index (χ4v) is 2.23. The van der Waals surface area contributed by atoms with Crippen LogP contribution in [0.3, 0.4) is 0 Å². The number of aromatic nitrogens is 2. The molecule has 0 aromatic carbocycles. The summed E-state index contributed by atoms with van der Waals surface area (Å²) in [6, 6.07) is 0.509. The molecule has 4 heteroatoms. The van der Waals surface area contributed by atoms with E-state index in [1.54, 1.807) is 0 Å². The quantitative estimate of drug-likeness (QED) is 0.747. The molecule has 0 radical (unpaired) electrons. The van der Waals surface area contributed by atoms with Crippen LogP contribution in [0.25, 0.3) is 0 Å². The molecule has 2 rings (SSSR count). The number of ether oxygens (including phenoxy) is 1. The molecule has 0 amide bonds. The number of imidazole rings is 1. The van der Waals surface area contributed by atoms with Gasteiger partial charge < -0.3 is 14.6 Å². The van der Waals surface area contributed by atoms with Crippen molar-refractivity contribution in [3.05, 3.63) is 18.2 Å². The average Bonchev–Trinajstić information content (AvgIpc) is 2.94. The predicted molar refractivity (Wildman–Crippen MR) is 63.3 cm³/mol. The second kappa shape index (κ2) is 6.01. The monoisotopic (exact) mass is 223 g/mol. The van der Waals surface area contributed by atoms with Crippen molar-refractivity contribution in [1.82, 2.24) is 14.9 Å². The topological polar surface area (TPSA) is 39.1 Å². The first-order valence-corrected chi connectivity index (χ1v) is 6.23. The summed E-state index contributed by atoms with van der Waals surface area (Å²) in [4.78, 5) is 4.25. The van der Waals surface area contributed by atoms with Crippen LogP contribution < -0.4 is 5.32 Å². The van der Waals surface area contributed by atoms with E-state index >= 15 is 0 Å². The van der Waals surface area contributed by atoms with Crippen LogP contribution in [-0.2, 0) is 11.3 Å². The Morgan fingerprint density at radius 3 is 3.31 bits per heavy atom. The number of nitrogens with one attached hydrogen (secondary N) is 1. The average molecular weight is 223 g/mol. The Balaban J connectivity index is 1.86. The molecular formula is C12H21N3O. The van der Waals surface area contributed by atoms with Gasteiger partial charge in [0.25, 0.3) is 0 Å². The summed E-state index contributed by atoms with van der Waals surface area (Å²) < 4.78 is 7.60. The Bertz CT molecular complexity index is 305. The zero-order valence-corrected chi connectivity index (χ0v) is 9.98. The number of hydrogen-bond donors (Lipinski definition) is 1. The van der Waals surface area contributed by atoms with Crippen LogP contribution in [0.2, 0.25) is 0 Å². The van der Waals surface area contributed by atoms with Crippen molar-refractivity contribution in [2.75, 3.05) is 19.8 Å². The molecule has 1 saturated heterocycles. The minimum absolute atomic E-state index is 0.509. The SMILES string of the molecule is CCOCCCn1cncc1C1CCCN1. The number of hydrogen-bond acceptors (Lipinski definition) is 3. The van der Waals surface area contributed by atoms with Gasteiger partial charge in [-0.1, -0.05) is 0 Å². The molecule has 16 heavy (non-hydrogen) atoms. The Hall–Kier alpha value is -0.870. The lowest BCUT2D eigenvalue weighted by atomic mass is 10.2. The van der Waals surface area contributed by atoms with Crippen molar-refractivity contribution in [2.45, 2.75) is 38.8 Å². The maximum atomic E-state index is 5.35. The minimum atomic E-state index is 0.509. The van der Waals surface area contributed by atoms with Gasteiger partial charge >= 0.3 is 0 Å². The fraction of sp³-hybridized carbons (Fsp3) is 0.750. The Kier molecular flexibility index (Phi) is 4.36. The highest BCUT2D eigenvalue weighted by Gasteiger charge is 2.19. The van der Waals surface area contributed by atoms with Crippen molar-refractivity contribution in [1.29, 1.82) is 0 Å². The predicted octanol–water partition coefficient (Wildman–Crippen LogP) is 1.73. The molecule has 0 saturated carbocycles. The standard InChI is InChI=1S/C12H21N3O/c1-2-16-8-4-7-15-10-13-9-12(15)11-5-3-6-14-11/h9-11,14H,2-8H2,1H3. The first kappa shape index (κ1) is 11.6. The minimum Gasteiger partial charge on any atom is -0.382 e. The van der Waals surface area contributed by atoms with Crippen LogP contribution in [0, 0.1) is 0 Å². The van der Waals surface area contributed by atoms with Crippen LogP contribution >= 0.6 is 0 Å². The van der Waals surface area contributed by atoms with Crippen molar-refractivity contribution in [3.63, 3.8) is 0 Å². The molecule has 4 nitrogen and oxygen atoms in total. The van der Waals surface area contributed by atoms with E-state index in [2.05, 4.69) is 14.9 Å². The Morgan fingerprint density at radius 1 is 1.62 bits per heavy atom. The van der Waals surface area contributed by atoms with Crippen LogP contribution in [0.15, 0.2) is 12.5 Å². The molecule has 1 aliphatic heterocycles. The first-order valence-electron chi connectivity index (χ1n) is 6.23. The van der Waals surface area contributed by atoms with Gasteiger partial charge in [0.2, 0.25) is 0 Å².